The van der Waals surface area contributed by atoms with Crippen molar-refractivity contribution < 1.29 is 4.79 Å². The van der Waals surface area contributed by atoms with Crippen LogP contribution in [0.15, 0.2) is 0 Å². The molecule has 2 bridgehead atoms. The first-order valence-corrected chi connectivity index (χ1v) is 5.33. The molecule has 0 aromatic rings. The van der Waals surface area contributed by atoms with Gasteiger partial charge in [0, 0.05) is 31.6 Å². The number of carbonyl (C=O) groups excluding carboxylic acids is 1. The molecule has 2 atom stereocenters. The van der Waals surface area contributed by atoms with E-state index >= 15 is 0 Å². The number of nitrogens with zero attached hydrogens (tertiary/aromatic N) is 1. The van der Waals surface area contributed by atoms with Crippen LogP contribution in [0.3, 0.4) is 0 Å². The molecule has 13 heavy (non-hydrogen) atoms. The van der Waals surface area contributed by atoms with E-state index < -0.39 is 0 Å². The van der Waals surface area contributed by atoms with E-state index in [1.54, 1.807) is 0 Å². The van der Waals surface area contributed by atoms with Crippen LogP contribution in [0, 0.1) is 0 Å². The first-order chi connectivity index (χ1) is 6.29. The Hall–Kier alpha value is -0.570. The summed E-state index contributed by atoms with van der Waals surface area (Å²) < 4.78 is 0. The van der Waals surface area contributed by atoms with Gasteiger partial charge in [-0.3, -0.25) is 4.79 Å². The molecular formula is C10H18N2O. The molecule has 3 nitrogen and oxygen atoms in total. The first kappa shape index (κ1) is 9.00. The van der Waals surface area contributed by atoms with Crippen molar-refractivity contribution in [2.45, 2.75) is 44.7 Å². The normalized spacial score (nSPS) is 33.2. The van der Waals surface area contributed by atoms with Crippen molar-refractivity contribution in [3.05, 3.63) is 0 Å². The Bertz CT molecular complexity index is 205. The molecule has 2 aliphatic rings. The SMILES string of the molecule is CCC(=O)N1CCC2CCC(C1)N2. The molecule has 2 rings (SSSR count). The number of rotatable bonds is 1. The lowest BCUT2D eigenvalue weighted by atomic mass is 10.1. The van der Waals surface area contributed by atoms with Crippen molar-refractivity contribution in [2.75, 3.05) is 13.1 Å². The van der Waals surface area contributed by atoms with Gasteiger partial charge in [0.2, 0.25) is 5.91 Å². The van der Waals surface area contributed by atoms with E-state index in [4.69, 9.17) is 0 Å². The molecule has 2 aliphatic heterocycles. The predicted molar refractivity (Wildman–Crippen MR) is 51.4 cm³/mol. The Morgan fingerprint density at radius 3 is 2.92 bits per heavy atom. The molecule has 3 heteroatoms. The lowest BCUT2D eigenvalue weighted by molar-refractivity contribution is -0.131. The van der Waals surface area contributed by atoms with E-state index in [-0.39, 0.29) is 0 Å². The zero-order valence-electron chi connectivity index (χ0n) is 8.25. The molecule has 0 radical (unpaired) electrons. The largest absolute Gasteiger partial charge is 0.341 e. The average molecular weight is 182 g/mol. The van der Waals surface area contributed by atoms with Gasteiger partial charge in [0.05, 0.1) is 0 Å². The summed E-state index contributed by atoms with van der Waals surface area (Å²) in [6.45, 7) is 3.84. The molecule has 2 heterocycles. The second-order valence-electron chi connectivity index (χ2n) is 4.12. The Labute approximate surface area is 79.5 Å². The molecule has 0 spiro atoms. The van der Waals surface area contributed by atoms with Crippen LogP contribution in [0.5, 0.6) is 0 Å². The van der Waals surface area contributed by atoms with Gasteiger partial charge in [-0.05, 0) is 19.3 Å². The molecule has 2 fully saturated rings. The minimum absolute atomic E-state index is 0.314. The van der Waals surface area contributed by atoms with Crippen LogP contribution >= 0.6 is 0 Å². The highest BCUT2D eigenvalue weighted by Crippen LogP contribution is 2.20. The van der Waals surface area contributed by atoms with Crippen LogP contribution < -0.4 is 5.32 Å². The van der Waals surface area contributed by atoms with Crippen LogP contribution in [0.4, 0.5) is 0 Å². The summed E-state index contributed by atoms with van der Waals surface area (Å²) in [6.07, 6.45) is 4.34. The number of amides is 1. The van der Waals surface area contributed by atoms with Crippen LogP contribution in [0.1, 0.15) is 32.6 Å². The minimum Gasteiger partial charge on any atom is -0.341 e. The summed E-state index contributed by atoms with van der Waals surface area (Å²) in [5, 5.41) is 3.57. The summed E-state index contributed by atoms with van der Waals surface area (Å²) in [6, 6.07) is 1.25. The number of hydrogen-bond acceptors (Lipinski definition) is 2. The first-order valence-electron chi connectivity index (χ1n) is 5.33. The Kier molecular flexibility index (Phi) is 2.54. The van der Waals surface area contributed by atoms with E-state index in [1.165, 1.54) is 12.8 Å². The summed E-state index contributed by atoms with van der Waals surface area (Å²) in [5.41, 5.74) is 0. The van der Waals surface area contributed by atoms with Crippen LogP contribution in [-0.2, 0) is 4.79 Å². The zero-order valence-corrected chi connectivity index (χ0v) is 8.25. The minimum atomic E-state index is 0.314. The van der Waals surface area contributed by atoms with E-state index in [1.807, 2.05) is 11.8 Å². The second-order valence-corrected chi connectivity index (χ2v) is 4.12. The van der Waals surface area contributed by atoms with Gasteiger partial charge in [0.15, 0.2) is 0 Å². The highest BCUT2D eigenvalue weighted by Gasteiger charge is 2.30. The smallest absolute Gasteiger partial charge is 0.222 e. The molecule has 1 N–H and O–H groups in total. The van der Waals surface area contributed by atoms with Gasteiger partial charge in [0.25, 0.3) is 0 Å². The van der Waals surface area contributed by atoms with Crippen LogP contribution in [0.2, 0.25) is 0 Å². The van der Waals surface area contributed by atoms with Crippen molar-refractivity contribution in [1.29, 1.82) is 0 Å². The third kappa shape index (κ3) is 1.85. The highest BCUT2D eigenvalue weighted by molar-refractivity contribution is 5.75. The lowest BCUT2D eigenvalue weighted by Gasteiger charge is -2.23. The van der Waals surface area contributed by atoms with Crippen LogP contribution in [-0.4, -0.2) is 36.0 Å². The fourth-order valence-electron chi connectivity index (χ4n) is 2.39. The Morgan fingerprint density at radius 1 is 1.38 bits per heavy atom. The van der Waals surface area contributed by atoms with Crippen LogP contribution in [0.25, 0.3) is 0 Å². The Morgan fingerprint density at radius 2 is 2.15 bits per heavy atom. The maximum Gasteiger partial charge on any atom is 0.222 e. The molecule has 2 unspecified atom stereocenters. The van der Waals surface area contributed by atoms with Crippen molar-refractivity contribution >= 4 is 5.91 Å². The van der Waals surface area contributed by atoms with Gasteiger partial charge in [-0.15, -0.1) is 0 Å². The van der Waals surface area contributed by atoms with E-state index in [9.17, 15) is 4.79 Å². The molecule has 0 aliphatic carbocycles. The molecule has 1 amide bonds. The zero-order chi connectivity index (χ0) is 9.26. The third-order valence-electron chi connectivity index (χ3n) is 3.18. The number of carbonyl (C=O) groups is 1. The fourth-order valence-corrected chi connectivity index (χ4v) is 2.39. The lowest BCUT2D eigenvalue weighted by Crippen LogP contribution is -2.38. The molecule has 0 saturated carbocycles. The monoisotopic (exact) mass is 182 g/mol. The molecule has 2 saturated heterocycles. The molecule has 74 valence electrons. The van der Waals surface area contributed by atoms with Crippen molar-refractivity contribution in [3.63, 3.8) is 0 Å². The highest BCUT2D eigenvalue weighted by atomic mass is 16.2. The van der Waals surface area contributed by atoms with Crippen molar-refractivity contribution in [3.8, 4) is 0 Å². The van der Waals surface area contributed by atoms with Gasteiger partial charge in [0.1, 0.15) is 0 Å². The van der Waals surface area contributed by atoms with E-state index in [0.717, 1.165) is 19.5 Å². The molecule has 0 aromatic heterocycles. The average Bonchev–Trinajstić information content (AvgIpc) is 2.45. The van der Waals surface area contributed by atoms with Crippen molar-refractivity contribution in [1.82, 2.24) is 10.2 Å². The quantitative estimate of drug-likeness (QED) is 0.649. The van der Waals surface area contributed by atoms with Gasteiger partial charge in [-0.2, -0.15) is 0 Å². The van der Waals surface area contributed by atoms with Gasteiger partial charge >= 0.3 is 0 Å². The molecule has 0 aromatic carbocycles. The summed E-state index contributed by atoms with van der Waals surface area (Å²) in [7, 11) is 0. The topological polar surface area (TPSA) is 32.3 Å². The summed E-state index contributed by atoms with van der Waals surface area (Å²) in [4.78, 5) is 13.5. The van der Waals surface area contributed by atoms with Gasteiger partial charge in [-0.25, -0.2) is 0 Å². The summed E-state index contributed by atoms with van der Waals surface area (Å²) >= 11 is 0. The van der Waals surface area contributed by atoms with Crippen molar-refractivity contribution in [2.24, 2.45) is 0 Å². The second kappa shape index (κ2) is 3.66. The fraction of sp³-hybridized carbons (Fsp3) is 0.900. The third-order valence-corrected chi connectivity index (χ3v) is 3.18. The number of fused-ring (bicyclic) bond motifs is 2. The number of hydrogen-bond donors (Lipinski definition) is 1. The van der Waals surface area contributed by atoms with Gasteiger partial charge in [-0.1, -0.05) is 6.92 Å². The Balaban J connectivity index is 1.97. The van der Waals surface area contributed by atoms with E-state index in [0.29, 0.717) is 24.4 Å². The molecular weight excluding hydrogens is 164 g/mol. The predicted octanol–water partition coefficient (Wildman–Crippen LogP) is 0.749. The standard InChI is InChI=1S/C10H18N2O/c1-2-10(13)12-6-5-8-3-4-9(7-12)11-8/h8-9,11H,2-7H2,1H3. The number of nitrogens with one attached hydrogen (secondary N) is 1. The maximum atomic E-state index is 11.5. The van der Waals surface area contributed by atoms with Gasteiger partial charge < -0.3 is 10.2 Å². The number of likely N-dealkylation sites (tertiary alicyclic amines) is 1. The summed E-state index contributed by atoms with van der Waals surface area (Å²) in [5.74, 6) is 0.314. The maximum absolute atomic E-state index is 11.5. The van der Waals surface area contributed by atoms with E-state index in [2.05, 4.69) is 5.32 Å².